The number of alkyl halides is 3. The zero-order valence-electron chi connectivity index (χ0n) is 16.6. The number of carbonyl (C=O) groups is 1. The second kappa shape index (κ2) is 8.13. The molecule has 7 nitrogen and oxygen atoms in total. The van der Waals surface area contributed by atoms with Crippen LogP contribution in [0.1, 0.15) is 32.0 Å². The zero-order chi connectivity index (χ0) is 21.9. The van der Waals surface area contributed by atoms with Crippen LogP contribution in [0.15, 0.2) is 48.8 Å². The van der Waals surface area contributed by atoms with E-state index in [9.17, 15) is 18.0 Å². The van der Waals surface area contributed by atoms with Crippen LogP contribution in [0, 0.1) is 0 Å². The Morgan fingerprint density at radius 1 is 1.10 bits per heavy atom. The average molecular weight is 419 g/mol. The van der Waals surface area contributed by atoms with E-state index in [0.717, 1.165) is 12.1 Å². The van der Waals surface area contributed by atoms with Crippen LogP contribution in [0.5, 0.6) is 5.75 Å². The Morgan fingerprint density at radius 3 is 2.43 bits per heavy atom. The van der Waals surface area contributed by atoms with Crippen LogP contribution in [0.4, 0.5) is 19.0 Å². The molecule has 1 amide bonds. The highest BCUT2D eigenvalue weighted by Gasteiger charge is 2.30. The normalized spacial score (nSPS) is 11.9. The van der Waals surface area contributed by atoms with E-state index in [2.05, 4.69) is 20.4 Å². The van der Waals surface area contributed by atoms with Crippen molar-refractivity contribution in [2.75, 3.05) is 11.9 Å². The van der Waals surface area contributed by atoms with E-state index in [4.69, 9.17) is 4.74 Å². The third-order valence-corrected chi connectivity index (χ3v) is 4.02. The van der Waals surface area contributed by atoms with Gasteiger partial charge >= 0.3 is 6.18 Å². The van der Waals surface area contributed by atoms with Gasteiger partial charge in [0.15, 0.2) is 6.61 Å². The number of hydrogen-bond donors (Lipinski definition) is 1. The van der Waals surface area contributed by atoms with Crippen LogP contribution in [-0.2, 0) is 16.4 Å². The largest absolute Gasteiger partial charge is 0.484 e. The maximum Gasteiger partial charge on any atom is 0.416 e. The first-order chi connectivity index (χ1) is 14.0. The van der Waals surface area contributed by atoms with Crippen molar-refractivity contribution < 1.29 is 22.7 Å². The van der Waals surface area contributed by atoms with Gasteiger partial charge in [0.25, 0.3) is 11.9 Å². The summed E-state index contributed by atoms with van der Waals surface area (Å²) in [5.41, 5.74) is -0.452. The van der Waals surface area contributed by atoms with E-state index in [-0.39, 0.29) is 17.1 Å². The van der Waals surface area contributed by atoms with Crippen LogP contribution in [-0.4, -0.2) is 32.3 Å². The van der Waals surface area contributed by atoms with Crippen molar-refractivity contribution in [2.45, 2.75) is 32.4 Å². The molecule has 0 unspecified atom stereocenters. The van der Waals surface area contributed by atoms with Gasteiger partial charge in [0.05, 0.1) is 11.3 Å². The lowest BCUT2D eigenvalue weighted by Gasteiger charge is -2.13. The van der Waals surface area contributed by atoms with E-state index in [1.807, 2.05) is 20.8 Å². The van der Waals surface area contributed by atoms with Crippen molar-refractivity contribution in [3.63, 3.8) is 0 Å². The molecule has 3 aromatic rings. The van der Waals surface area contributed by atoms with Crippen molar-refractivity contribution >= 4 is 11.7 Å². The standard InChI is InChI=1S/C20H20F3N5O2/c1-19(2,3)15-11-16(28(27-15)18-24-8-5-9-25-18)26-17(29)12-30-14-7-4-6-13(10-14)20(21,22)23/h4-11H,12H2,1-3H3,(H,26,29). The summed E-state index contributed by atoms with van der Waals surface area (Å²) in [5.74, 6) is -0.0360. The molecular weight excluding hydrogens is 399 g/mol. The second-order valence-electron chi connectivity index (χ2n) is 7.49. The number of nitrogens with zero attached hydrogens (tertiary/aromatic N) is 4. The number of benzene rings is 1. The summed E-state index contributed by atoms with van der Waals surface area (Å²) in [6.07, 6.45) is -1.40. The van der Waals surface area contributed by atoms with Gasteiger partial charge in [-0.1, -0.05) is 26.8 Å². The summed E-state index contributed by atoms with van der Waals surface area (Å²) in [7, 11) is 0. The summed E-state index contributed by atoms with van der Waals surface area (Å²) in [6, 6.07) is 7.68. The number of ether oxygens (including phenoxy) is 1. The van der Waals surface area contributed by atoms with Crippen molar-refractivity contribution in [3.05, 3.63) is 60.0 Å². The van der Waals surface area contributed by atoms with Crippen LogP contribution in [0.2, 0.25) is 0 Å². The number of aromatic nitrogens is 4. The van der Waals surface area contributed by atoms with Gasteiger partial charge in [-0.2, -0.15) is 23.0 Å². The van der Waals surface area contributed by atoms with Gasteiger partial charge in [-0.3, -0.25) is 4.79 Å². The second-order valence-corrected chi connectivity index (χ2v) is 7.49. The molecule has 0 aliphatic carbocycles. The Bertz CT molecular complexity index is 1030. The van der Waals surface area contributed by atoms with Gasteiger partial charge in [0.1, 0.15) is 11.6 Å². The maximum atomic E-state index is 12.8. The average Bonchev–Trinajstić information content (AvgIpc) is 3.11. The number of carbonyl (C=O) groups excluding carboxylic acids is 1. The Labute approximate surface area is 170 Å². The lowest BCUT2D eigenvalue weighted by Crippen LogP contribution is -2.22. The van der Waals surface area contributed by atoms with Crippen LogP contribution < -0.4 is 10.1 Å². The third-order valence-electron chi connectivity index (χ3n) is 4.02. The smallest absolute Gasteiger partial charge is 0.416 e. The molecule has 0 radical (unpaired) electrons. The molecule has 3 rings (SSSR count). The van der Waals surface area contributed by atoms with E-state index < -0.39 is 24.3 Å². The van der Waals surface area contributed by atoms with Crippen molar-refractivity contribution in [3.8, 4) is 11.7 Å². The molecule has 0 spiro atoms. The number of rotatable bonds is 5. The highest BCUT2D eigenvalue weighted by Crippen LogP contribution is 2.31. The first kappa shape index (κ1) is 21.3. The predicted molar refractivity (Wildman–Crippen MR) is 103 cm³/mol. The first-order valence-electron chi connectivity index (χ1n) is 9.02. The van der Waals surface area contributed by atoms with Crippen molar-refractivity contribution in [1.82, 2.24) is 19.7 Å². The summed E-state index contributed by atoms with van der Waals surface area (Å²) in [5, 5.41) is 7.12. The zero-order valence-corrected chi connectivity index (χ0v) is 16.6. The Hall–Kier alpha value is -3.43. The fraction of sp³-hybridized carbons (Fsp3) is 0.300. The van der Waals surface area contributed by atoms with Crippen LogP contribution >= 0.6 is 0 Å². The van der Waals surface area contributed by atoms with E-state index in [0.29, 0.717) is 11.5 Å². The fourth-order valence-corrected chi connectivity index (χ4v) is 2.48. The summed E-state index contributed by atoms with van der Waals surface area (Å²) >= 11 is 0. The first-order valence-corrected chi connectivity index (χ1v) is 9.02. The Kier molecular flexibility index (Phi) is 5.77. The molecule has 0 saturated carbocycles. The number of halogens is 3. The molecule has 0 fully saturated rings. The molecule has 0 saturated heterocycles. The molecule has 0 aliphatic heterocycles. The quantitative estimate of drug-likeness (QED) is 0.676. The minimum atomic E-state index is -4.49. The van der Waals surface area contributed by atoms with Crippen molar-refractivity contribution in [2.24, 2.45) is 0 Å². The number of amides is 1. The van der Waals surface area contributed by atoms with E-state index in [1.165, 1.54) is 16.8 Å². The Morgan fingerprint density at radius 2 is 1.80 bits per heavy atom. The minimum Gasteiger partial charge on any atom is -0.484 e. The molecule has 2 heterocycles. The molecule has 0 atom stereocenters. The van der Waals surface area contributed by atoms with Crippen molar-refractivity contribution in [1.29, 1.82) is 0 Å². The summed E-state index contributed by atoms with van der Waals surface area (Å²) < 4.78 is 45.0. The number of nitrogens with one attached hydrogen (secondary N) is 1. The monoisotopic (exact) mass is 419 g/mol. The molecule has 0 aliphatic rings. The summed E-state index contributed by atoms with van der Waals surface area (Å²) in [4.78, 5) is 20.6. The topological polar surface area (TPSA) is 81.9 Å². The molecule has 10 heteroatoms. The molecule has 2 aromatic heterocycles. The van der Waals surface area contributed by atoms with E-state index >= 15 is 0 Å². The van der Waals surface area contributed by atoms with Gasteiger partial charge in [-0.25, -0.2) is 9.97 Å². The third kappa shape index (κ3) is 5.13. The highest BCUT2D eigenvalue weighted by atomic mass is 19.4. The molecule has 1 aromatic carbocycles. The lowest BCUT2D eigenvalue weighted by atomic mass is 9.92. The van der Waals surface area contributed by atoms with Crippen LogP contribution in [0.3, 0.4) is 0 Å². The maximum absolute atomic E-state index is 12.8. The van der Waals surface area contributed by atoms with Gasteiger partial charge in [-0.05, 0) is 24.3 Å². The minimum absolute atomic E-state index is 0.0599. The molecule has 0 bridgehead atoms. The molecular formula is C20H20F3N5O2. The van der Waals surface area contributed by atoms with Crippen LogP contribution in [0.25, 0.3) is 5.95 Å². The molecule has 1 N–H and O–H groups in total. The van der Waals surface area contributed by atoms with Gasteiger partial charge in [-0.15, -0.1) is 0 Å². The van der Waals surface area contributed by atoms with Gasteiger partial charge < -0.3 is 10.1 Å². The molecule has 158 valence electrons. The Balaban J connectivity index is 1.76. The molecule has 30 heavy (non-hydrogen) atoms. The predicted octanol–water partition coefficient (Wildman–Crippen LogP) is 4.00. The SMILES string of the molecule is CC(C)(C)c1cc(NC(=O)COc2cccc(C(F)(F)F)c2)n(-c2ncccn2)n1. The number of anilines is 1. The van der Waals surface area contributed by atoms with E-state index in [1.54, 1.807) is 24.5 Å². The lowest BCUT2D eigenvalue weighted by molar-refractivity contribution is -0.137. The van der Waals surface area contributed by atoms with Gasteiger partial charge in [0.2, 0.25) is 0 Å². The summed E-state index contributed by atoms with van der Waals surface area (Å²) in [6.45, 7) is 5.42. The van der Waals surface area contributed by atoms with Gasteiger partial charge in [0, 0.05) is 23.9 Å². The fourth-order valence-electron chi connectivity index (χ4n) is 2.48. The number of hydrogen-bond acceptors (Lipinski definition) is 5. The highest BCUT2D eigenvalue weighted by molar-refractivity contribution is 5.91.